The van der Waals surface area contributed by atoms with Crippen molar-refractivity contribution in [2.75, 3.05) is 0 Å². The van der Waals surface area contributed by atoms with Crippen molar-refractivity contribution in [2.24, 2.45) is 5.92 Å². The summed E-state index contributed by atoms with van der Waals surface area (Å²) in [5.74, 6) is 0.691. The lowest BCUT2D eigenvalue weighted by molar-refractivity contribution is 0.275. The zero-order chi connectivity index (χ0) is 32.6. The number of rotatable bonds is 34. The molecule has 0 bridgehead atoms. The standard InChI is InChI=1S/C44H78N2/c1-3-5-7-9-11-13-15-16-17-18-19-20-22-23-25-27-32-36-43(40-42-34-30-29-31-35-42)44(46-39-38-45-41-46)37-33-28-26-24-21-14-12-10-8-6-4-2/h29-31,34-35,38-39,41,43-44H,3-28,32-33,36-37,40H2,1-2H3. The Morgan fingerprint density at radius 1 is 0.478 bits per heavy atom. The van der Waals surface area contributed by atoms with Crippen LogP contribution in [0.1, 0.15) is 218 Å². The maximum Gasteiger partial charge on any atom is 0.0948 e. The van der Waals surface area contributed by atoms with Crippen LogP contribution in [0.2, 0.25) is 0 Å². The summed E-state index contributed by atoms with van der Waals surface area (Å²) in [5.41, 5.74) is 1.50. The Kier molecular flexibility index (Phi) is 27.1. The minimum atomic E-state index is 0.572. The zero-order valence-electron chi connectivity index (χ0n) is 31.1. The summed E-state index contributed by atoms with van der Waals surface area (Å²) in [6.07, 6.45) is 50.2. The van der Waals surface area contributed by atoms with Crippen LogP contribution in [-0.2, 0) is 6.42 Å². The molecule has 0 fully saturated rings. The van der Waals surface area contributed by atoms with E-state index in [1.807, 2.05) is 6.20 Å². The fraction of sp³-hybridized carbons (Fsp3) is 0.795. The third-order valence-electron chi connectivity index (χ3n) is 10.6. The first kappa shape index (κ1) is 40.6. The molecule has 1 aromatic carbocycles. The highest BCUT2D eigenvalue weighted by atomic mass is 15.1. The molecule has 0 N–H and O–H groups in total. The van der Waals surface area contributed by atoms with E-state index in [0.717, 1.165) is 0 Å². The van der Waals surface area contributed by atoms with Gasteiger partial charge in [0.2, 0.25) is 0 Å². The van der Waals surface area contributed by atoms with Gasteiger partial charge >= 0.3 is 0 Å². The van der Waals surface area contributed by atoms with E-state index in [2.05, 4.69) is 66.3 Å². The molecule has 2 aromatic rings. The molecule has 1 aromatic heterocycles. The van der Waals surface area contributed by atoms with E-state index in [4.69, 9.17) is 0 Å². The first-order valence-corrected chi connectivity index (χ1v) is 20.9. The second kappa shape index (κ2) is 30.7. The fourth-order valence-electron chi connectivity index (χ4n) is 7.59. The van der Waals surface area contributed by atoms with Crippen molar-refractivity contribution in [1.29, 1.82) is 0 Å². The monoisotopic (exact) mass is 635 g/mol. The van der Waals surface area contributed by atoms with Crippen LogP contribution in [0.25, 0.3) is 0 Å². The van der Waals surface area contributed by atoms with Crippen molar-refractivity contribution in [1.82, 2.24) is 9.55 Å². The Hall–Kier alpha value is -1.57. The smallest absolute Gasteiger partial charge is 0.0948 e. The molecule has 2 unspecified atom stereocenters. The van der Waals surface area contributed by atoms with Crippen LogP contribution in [-0.4, -0.2) is 9.55 Å². The molecule has 2 atom stereocenters. The zero-order valence-corrected chi connectivity index (χ0v) is 31.1. The van der Waals surface area contributed by atoms with E-state index in [9.17, 15) is 0 Å². The molecule has 0 saturated heterocycles. The van der Waals surface area contributed by atoms with Crippen LogP contribution < -0.4 is 0 Å². The maximum absolute atomic E-state index is 4.48. The SMILES string of the molecule is CCCCCCCCCCCCCCCCCCCC(Cc1ccccc1)C(CCCCCCCCCCCCC)n1ccnc1. The van der Waals surface area contributed by atoms with E-state index in [0.29, 0.717) is 12.0 Å². The summed E-state index contributed by atoms with van der Waals surface area (Å²) < 4.78 is 2.46. The predicted octanol–water partition coefficient (Wildman–Crippen LogP) is 15.0. The van der Waals surface area contributed by atoms with Crippen molar-refractivity contribution in [2.45, 2.75) is 219 Å². The second-order valence-electron chi connectivity index (χ2n) is 14.8. The number of aromatic nitrogens is 2. The molecule has 0 spiro atoms. The Labute approximate surface area is 288 Å². The molecule has 264 valence electrons. The third kappa shape index (κ3) is 22.1. The first-order chi connectivity index (χ1) is 22.8. The molecular formula is C44H78N2. The molecule has 0 radical (unpaired) electrons. The van der Waals surface area contributed by atoms with Crippen molar-refractivity contribution < 1.29 is 0 Å². The lowest BCUT2D eigenvalue weighted by atomic mass is 9.84. The van der Waals surface area contributed by atoms with E-state index in [1.165, 1.54) is 205 Å². The van der Waals surface area contributed by atoms with Crippen LogP contribution in [0.5, 0.6) is 0 Å². The highest BCUT2D eigenvalue weighted by Crippen LogP contribution is 2.32. The lowest BCUT2D eigenvalue weighted by Crippen LogP contribution is -2.21. The quantitative estimate of drug-likeness (QED) is 0.0700. The van der Waals surface area contributed by atoms with Gasteiger partial charge in [-0.3, -0.25) is 0 Å². The van der Waals surface area contributed by atoms with E-state index < -0.39 is 0 Å². The molecule has 46 heavy (non-hydrogen) atoms. The van der Waals surface area contributed by atoms with Gasteiger partial charge in [-0.15, -0.1) is 0 Å². The van der Waals surface area contributed by atoms with Gasteiger partial charge in [-0.25, -0.2) is 4.98 Å². The second-order valence-corrected chi connectivity index (χ2v) is 14.8. The summed E-state index contributed by atoms with van der Waals surface area (Å²) in [7, 11) is 0. The average Bonchev–Trinajstić information content (AvgIpc) is 3.62. The fourth-order valence-corrected chi connectivity index (χ4v) is 7.59. The molecular weight excluding hydrogens is 556 g/mol. The third-order valence-corrected chi connectivity index (χ3v) is 10.6. The van der Waals surface area contributed by atoms with E-state index >= 15 is 0 Å². The van der Waals surface area contributed by atoms with E-state index in [-0.39, 0.29) is 0 Å². The largest absolute Gasteiger partial charge is 0.334 e. The predicted molar refractivity (Wildman–Crippen MR) is 205 cm³/mol. The van der Waals surface area contributed by atoms with Gasteiger partial charge in [0.25, 0.3) is 0 Å². The Bertz CT molecular complexity index is 844. The van der Waals surface area contributed by atoms with E-state index in [1.54, 1.807) is 0 Å². The number of hydrogen-bond donors (Lipinski definition) is 0. The van der Waals surface area contributed by atoms with Gasteiger partial charge in [0, 0.05) is 18.4 Å². The van der Waals surface area contributed by atoms with Crippen LogP contribution in [0.3, 0.4) is 0 Å². The number of hydrogen-bond acceptors (Lipinski definition) is 1. The molecule has 0 saturated carbocycles. The Morgan fingerprint density at radius 3 is 1.26 bits per heavy atom. The summed E-state index contributed by atoms with van der Waals surface area (Å²) in [5, 5.41) is 0. The number of imidazole rings is 1. The summed E-state index contributed by atoms with van der Waals surface area (Å²) in [4.78, 5) is 4.48. The lowest BCUT2D eigenvalue weighted by Gasteiger charge is -2.29. The highest BCUT2D eigenvalue weighted by molar-refractivity contribution is 5.15. The van der Waals surface area contributed by atoms with Crippen molar-refractivity contribution >= 4 is 0 Å². The topological polar surface area (TPSA) is 17.8 Å². The van der Waals surface area contributed by atoms with Gasteiger partial charge in [0.1, 0.15) is 0 Å². The maximum atomic E-state index is 4.48. The Morgan fingerprint density at radius 2 is 0.870 bits per heavy atom. The van der Waals surface area contributed by atoms with Crippen LogP contribution in [0.15, 0.2) is 49.1 Å². The number of nitrogens with zero attached hydrogens (tertiary/aromatic N) is 2. The van der Waals surface area contributed by atoms with Gasteiger partial charge in [0.15, 0.2) is 0 Å². The minimum Gasteiger partial charge on any atom is -0.334 e. The van der Waals surface area contributed by atoms with Crippen LogP contribution in [0, 0.1) is 5.92 Å². The van der Waals surface area contributed by atoms with Crippen LogP contribution in [0.4, 0.5) is 0 Å². The Balaban J connectivity index is 1.63. The number of unbranched alkanes of at least 4 members (excludes halogenated alkanes) is 26. The molecule has 0 aliphatic carbocycles. The summed E-state index contributed by atoms with van der Waals surface area (Å²) in [6.45, 7) is 4.62. The molecule has 2 heteroatoms. The molecule has 0 aliphatic heterocycles. The minimum absolute atomic E-state index is 0.572. The van der Waals surface area contributed by atoms with Gasteiger partial charge in [0.05, 0.1) is 6.33 Å². The number of benzene rings is 1. The van der Waals surface area contributed by atoms with Gasteiger partial charge in [-0.05, 0) is 30.7 Å². The van der Waals surface area contributed by atoms with Crippen molar-refractivity contribution in [3.8, 4) is 0 Å². The molecule has 2 rings (SSSR count). The van der Waals surface area contributed by atoms with Gasteiger partial charge < -0.3 is 4.57 Å². The average molecular weight is 635 g/mol. The highest BCUT2D eigenvalue weighted by Gasteiger charge is 2.23. The summed E-state index contributed by atoms with van der Waals surface area (Å²) >= 11 is 0. The molecule has 0 aliphatic rings. The molecule has 0 amide bonds. The summed E-state index contributed by atoms with van der Waals surface area (Å²) in [6, 6.07) is 11.9. The molecule has 2 nitrogen and oxygen atoms in total. The van der Waals surface area contributed by atoms with Crippen molar-refractivity contribution in [3.05, 3.63) is 54.6 Å². The van der Waals surface area contributed by atoms with Crippen molar-refractivity contribution in [3.63, 3.8) is 0 Å². The van der Waals surface area contributed by atoms with Crippen LogP contribution >= 0.6 is 0 Å². The first-order valence-electron chi connectivity index (χ1n) is 20.9. The van der Waals surface area contributed by atoms with Gasteiger partial charge in [-0.2, -0.15) is 0 Å². The van der Waals surface area contributed by atoms with Gasteiger partial charge in [-0.1, -0.05) is 224 Å². The molecule has 1 heterocycles. The normalized spacial score (nSPS) is 12.9.